The first-order chi connectivity index (χ1) is 21.3. The van der Waals surface area contributed by atoms with Gasteiger partial charge in [0, 0.05) is 23.9 Å². The molecule has 11 heteroatoms. The zero-order valence-electron chi connectivity index (χ0n) is 26.2. The van der Waals surface area contributed by atoms with Gasteiger partial charge in [-0.3, -0.25) is 19.2 Å². The molecule has 1 aliphatic heterocycles. The highest BCUT2D eigenvalue weighted by Gasteiger charge is 2.39. The molecule has 1 saturated heterocycles. The molecule has 2 aromatic carbocycles. The van der Waals surface area contributed by atoms with Crippen molar-refractivity contribution in [1.29, 1.82) is 0 Å². The van der Waals surface area contributed by atoms with Gasteiger partial charge in [-0.15, -0.1) is 0 Å². The lowest BCUT2D eigenvalue weighted by Gasteiger charge is -2.35. The number of amides is 4. The van der Waals surface area contributed by atoms with Crippen molar-refractivity contribution in [2.45, 2.75) is 89.4 Å². The number of halogens is 1. The fraction of sp³-hybridized carbons (Fsp3) is 0.500. The van der Waals surface area contributed by atoms with Crippen molar-refractivity contribution in [2.75, 3.05) is 6.54 Å². The summed E-state index contributed by atoms with van der Waals surface area (Å²) in [5, 5.41) is 10.7. The third kappa shape index (κ3) is 9.12. The lowest BCUT2D eigenvalue weighted by Crippen LogP contribution is -2.55. The molecular formula is C34H43FN4O6. The molecule has 1 aliphatic carbocycles. The van der Waals surface area contributed by atoms with E-state index in [1.807, 2.05) is 33.8 Å². The number of Topliss-reactive ketones (excluding diaryl/α,β-unsaturated/α-hetero) is 1. The molecule has 1 saturated carbocycles. The van der Waals surface area contributed by atoms with Gasteiger partial charge in [0.15, 0.2) is 0 Å². The molecule has 45 heavy (non-hydrogen) atoms. The fourth-order valence-corrected chi connectivity index (χ4v) is 5.59. The molecule has 2 fully saturated rings. The van der Waals surface area contributed by atoms with Crippen LogP contribution < -0.4 is 21.3 Å². The molecule has 2 aliphatic rings. The van der Waals surface area contributed by atoms with E-state index in [0.717, 1.165) is 12.8 Å². The number of rotatable bonds is 14. The Bertz CT molecular complexity index is 1390. The van der Waals surface area contributed by atoms with Gasteiger partial charge < -0.3 is 26.0 Å². The van der Waals surface area contributed by atoms with Crippen LogP contribution in [0, 0.1) is 17.7 Å². The smallest absolute Gasteiger partial charge is 0.408 e. The van der Waals surface area contributed by atoms with Crippen molar-refractivity contribution in [3.05, 3.63) is 71.5 Å². The molecule has 242 valence electrons. The second-order valence-corrected chi connectivity index (χ2v) is 12.9. The summed E-state index contributed by atoms with van der Waals surface area (Å²) in [4.78, 5) is 65.2. The lowest BCUT2D eigenvalue weighted by atomic mass is 9.76. The van der Waals surface area contributed by atoms with Crippen molar-refractivity contribution in [2.24, 2.45) is 11.8 Å². The van der Waals surface area contributed by atoms with Crippen LogP contribution in [0.2, 0.25) is 0 Å². The third-order valence-corrected chi connectivity index (χ3v) is 8.32. The van der Waals surface area contributed by atoms with Crippen LogP contribution in [-0.4, -0.2) is 54.3 Å². The van der Waals surface area contributed by atoms with E-state index >= 15 is 0 Å². The lowest BCUT2D eigenvalue weighted by molar-refractivity contribution is -0.141. The first kappa shape index (κ1) is 33.6. The van der Waals surface area contributed by atoms with E-state index in [2.05, 4.69) is 21.3 Å². The Morgan fingerprint density at radius 3 is 2.29 bits per heavy atom. The molecule has 1 heterocycles. The number of ketones is 1. The number of carbonyl (C=O) groups is 5. The van der Waals surface area contributed by atoms with E-state index in [0.29, 0.717) is 24.1 Å². The quantitative estimate of drug-likeness (QED) is 0.236. The summed E-state index contributed by atoms with van der Waals surface area (Å²) in [5.41, 5.74) is 0.418. The Labute approximate surface area is 263 Å². The number of alkyl carbamates (subject to hydrolysis) is 1. The molecule has 4 N–H and O–H groups in total. The van der Waals surface area contributed by atoms with Gasteiger partial charge >= 0.3 is 6.09 Å². The maximum Gasteiger partial charge on any atom is 0.408 e. The van der Waals surface area contributed by atoms with Gasteiger partial charge in [-0.05, 0) is 61.3 Å². The van der Waals surface area contributed by atoms with E-state index < -0.39 is 59.0 Å². The average Bonchev–Trinajstić information content (AvgIpc) is 3.73. The van der Waals surface area contributed by atoms with Crippen molar-refractivity contribution in [3.63, 3.8) is 0 Å². The van der Waals surface area contributed by atoms with E-state index in [1.165, 1.54) is 12.1 Å². The third-order valence-electron chi connectivity index (χ3n) is 8.32. The van der Waals surface area contributed by atoms with Crippen LogP contribution >= 0.6 is 0 Å². The molecule has 4 rings (SSSR count). The topological polar surface area (TPSA) is 143 Å². The van der Waals surface area contributed by atoms with Gasteiger partial charge in [-0.25, -0.2) is 9.18 Å². The number of hydrogen-bond acceptors (Lipinski definition) is 6. The summed E-state index contributed by atoms with van der Waals surface area (Å²) in [6.07, 6.45) is 0.482. The number of ether oxygens (including phenoxy) is 1. The SMILES string of the molecule is CC(C)C[C@H](NC(=O)OC(c1ccccc1)C(C)(C)c1cccc(F)c1)C(=O)N[C@@H](C[C@@H]1CCNC1=O)C(=O)C(=O)NC1CC1. The Hall–Kier alpha value is -4.28. The minimum atomic E-state index is -1.25. The van der Waals surface area contributed by atoms with E-state index in [-0.39, 0.29) is 30.7 Å². The minimum absolute atomic E-state index is 0.0365. The van der Waals surface area contributed by atoms with Crippen LogP contribution in [0.4, 0.5) is 9.18 Å². The standard InChI is InChI=1S/C34H43FN4O6/c1-20(2)17-27(31(42)38-26(18-22-15-16-36-30(22)41)28(40)32(43)37-25-13-14-25)39-33(44)45-29(21-9-6-5-7-10-21)34(3,4)23-11-8-12-24(35)19-23/h5-12,19-20,22,25-27,29H,13-18H2,1-4H3,(H,36,41)(H,37,43)(H,38,42)(H,39,44)/t22-,26-,27-,29?/m0/s1. The van der Waals surface area contributed by atoms with Gasteiger partial charge in [0.2, 0.25) is 17.6 Å². The largest absolute Gasteiger partial charge is 0.440 e. The summed E-state index contributed by atoms with van der Waals surface area (Å²) in [6, 6.07) is 12.7. The van der Waals surface area contributed by atoms with E-state index in [1.54, 1.807) is 36.4 Å². The van der Waals surface area contributed by atoms with Crippen LogP contribution in [-0.2, 0) is 29.3 Å². The Balaban J connectivity index is 1.53. The molecular weight excluding hydrogens is 579 g/mol. The second-order valence-electron chi connectivity index (χ2n) is 12.9. The van der Waals surface area contributed by atoms with Gasteiger partial charge in [-0.2, -0.15) is 0 Å². The Morgan fingerprint density at radius 1 is 0.978 bits per heavy atom. The summed E-state index contributed by atoms with van der Waals surface area (Å²) < 4.78 is 20.2. The molecule has 0 spiro atoms. The van der Waals surface area contributed by atoms with Crippen molar-refractivity contribution in [1.82, 2.24) is 21.3 Å². The molecule has 10 nitrogen and oxygen atoms in total. The Kier molecular flexibility index (Phi) is 11.0. The highest BCUT2D eigenvalue weighted by atomic mass is 19.1. The summed E-state index contributed by atoms with van der Waals surface area (Å²) >= 11 is 0. The van der Waals surface area contributed by atoms with Crippen molar-refractivity contribution in [3.8, 4) is 0 Å². The molecule has 0 aromatic heterocycles. The summed E-state index contributed by atoms with van der Waals surface area (Å²) in [6.45, 7) is 7.88. The normalized spacial score (nSPS) is 18.4. The monoisotopic (exact) mass is 622 g/mol. The number of nitrogens with one attached hydrogen (secondary N) is 4. The predicted molar refractivity (Wildman–Crippen MR) is 165 cm³/mol. The molecule has 0 radical (unpaired) electrons. The summed E-state index contributed by atoms with van der Waals surface area (Å²) in [7, 11) is 0. The van der Waals surface area contributed by atoms with Gasteiger partial charge in [0.05, 0.1) is 6.04 Å². The van der Waals surface area contributed by atoms with Crippen molar-refractivity contribution >= 4 is 29.6 Å². The zero-order chi connectivity index (χ0) is 32.7. The second kappa shape index (κ2) is 14.7. The first-order valence-electron chi connectivity index (χ1n) is 15.6. The van der Waals surface area contributed by atoms with E-state index in [4.69, 9.17) is 4.74 Å². The minimum Gasteiger partial charge on any atom is -0.440 e. The molecule has 1 unspecified atom stereocenters. The van der Waals surface area contributed by atoms with Crippen LogP contribution in [0.25, 0.3) is 0 Å². The highest BCUT2D eigenvalue weighted by Crippen LogP contribution is 2.40. The Morgan fingerprint density at radius 2 is 1.69 bits per heavy atom. The number of benzene rings is 2. The summed E-state index contributed by atoms with van der Waals surface area (Å²) in [5.74, 6) is -3.54. The molecule has 4 atom stereocenters. The highest BCUT2D eigenvalue weighted by molar-refractivity contribution is 6.38. The van der Waals surface area contributed by atoms with Crippen LogP contribution in [0.5, 0.6) is 0 Å². The first-order valence-corrected chi connectivity index (χ1v) is 15.6. The van der Waals surface area contributed by atoms with Crippen LogP contribution in [0.1, 0.15) is 77.0 Å². The number of carbonyl (C=O) groups excluding carboxylic acids is 5. The molecule has 2 aromatic rings. The predicted octanol–water partition coefficient (Wildman–Crippen LogP) is 3.84. The van der Waals surface area contributed by atoms with Gasteiger partial charge in [-0.1, -0.05) is 70.2 Å². The van der Waals surface area contributed by atoms with Gasteiger partial charge in [0.25, 0.3) is 5.91 Å². The van der Waals surface area contributed by atoms with E-state index in [9.17, 15) is 28.4 Å². The van der Waals surface area contributed by atoms with Crippen LogP contribution in [0.15, 0.2) is 54.6 Å². The fourth-order valence-electron chi connectivity index (χ4n) is 5.59. The maximum absolute atomic E-state index is 14.2. The number of hydrogen-bond donors (Lipinski definition) is 4. The van der Waals surface area contributed by atoms with Gasteiger partial charge in [0.1, 0.15) is 18.0 Å². The maximum atomic E-state index is 14.2. The average molecular weight is 623 g/mol. The molecule has 0 bridgehead atoms. The zero-order valence-corrected chi connectivity index (χ0v) is 26.2. The molecule has 4 amide bonds. The van der Waals surface area contributed by atoms with Crippen LogP contribution in [0.3, 0.4) is 0 Å². The van der Waals surface area contributed by atoms with Crippen molar-refractivity contribution < 1.29 is 33.1 Å².